The lowest BCUT2D eigenvalue weighted by Gasteiger charge is -2.28. The molecule has 6 aromatic rings. The molecule has 0 amide bonds. The van der Waals surface area contributed by atoms with Crippen LogP contribution in [0.15, 0.2) is 121 Å². The molecule has 66 heavy (non-hydrogen) atoms. The molecular weight excluding hydrogens is 809 g/mol. The maximum Gasteiger partial charge on any atom is 0.128 e. The van der Waals surface area contributed by atoms with E-state index in [4.69, 9.17) is 18.9 Å². The van der Waals surface area contributed by atoms with Crippen LogP contribution in [0.3, 0.4) is 0 Å². The third-order valence-corrected chi connectivity index (χ3v) is 15.1. The van der Waals surface area contributed by atoms with E-state index in [2.05, 4.69) is 135 Å². The highest BCUT2D eigenvalue weighted by atomic mass is 16.5. The molecule has 0 N–H and O–H groups in total. The molecule has 6 aromatic carbocycles. The minimum absolute atomic E-state index is 0.447. The van der Waals surface area contributed by atoms with Crippen LogP contribution < -0.4 is 18.9 Å². The van der Waals surface area contributed by atoms with E-state index in [1.54, 1.807) is 0 Å². The summed E-state index contributed by atoms with van der Waals surface area (Å²) in [5.74, 6) is 7.24. The molecule has 2 aliphatic rings. The molecule has 0 aliphatic heterocycles. The van der Waals surface area contributed by atoms with Crippen LogP contribution >= 0.6 is 0 Å². The number of hydrogen-bond donors (Lipinski definition) is 0. The summed E-state index contributed by atoms with van der Waals surface area (Å²) in [5, 5.41) is 4.60. The Morgan fingerprint density at radius 1 is 0.364 bits per heavy atom. The van der Waals surface area contributed by atoms with Crippen LogP contribution in [0.25, 0.3) is 32.7 Å². The summed E-state index contributed by atoms with van der Waals surface area (Å²) < 4.78 is 26.0. The van der Waals surface area contributed by atoms with Gasteiger partial charge >= 0.3 is 0 Å². The van der Waals surface area contributed by atoms with E-state index in [1.807, 2.05) is 0 Å². The third-order valence-electron chi connectivity index (χ3n) is 15.1. The molecule has 2 fully saturated rings. The Kier molecular flexibility index (Phi) is 18.2. The number of benzene rings is 6. The third kappa shape index (κ3) is 13.6. The maximum absolute atomic E-state index is 6.79. The van der Waals surface area contributed by atoms with Crippen LogP contribution in [-0.4, -0.2) is 13.2 Å². The minimum atomic E-state index is 0.447. The van der Waals surface area contributed by atoms with Crippen LogP contribution in [0.5, 0.6) is 23.0 Å². The Balaban J connectivity index is 0.869. The van der Waals surface area contributed by atoms with Gasteiger partial charge in [0, 0.05) is 11.1 Å². The van der Waals surface area contributed by atoms with E-state index in [9.17, 15) is 0 Å². The fourth-order valence-corrected chi connectivity index (χ4v) is 11.1. The largest absolute Gasteiger partial charge is 0.494 e. The molecule has 2 aliphatic carbocycles. The SMILES string of the molecule is CCCCCC1CCC(CCCOc2ccc(COc3ccc4ccccc4c3-c3c(OCc4ccc(OCCCC5CCC(CCCCC)CC5)cc4)ccc4ccccc34)cc2)CC1. The zero-order valence-electron chi connectivity index (χ0n) is 40.5. The lowest BCUT2D eigenvalue weighted by Crippen LogP contribution is -2.15. The summed E-state index contributed by atoms with van der Waals surface area (Å²) in [4.78, 5) is 0. The molecule has 0 aromatic heterocycles. The highest BCUT2D eigenvalue weighted by Crippen LogP contribution is 2.46. The number of ether oxygens (including phenoxy) is 4. The molecule has 0 bridgehead atoms. The van der Waals surface area contributed by atoms with Gasteiger partial charge in [-0.2, -0.15) is 0 Å². The van der Waals surface area contributed by atoms with Crippen LogP contribution in [0.4, 0.5) is 0 Å². The van der Waals surface area contributed by atoms with Crippen molar-refractivity contribution in [2.24, 2.45) is 23.7 Å². The predicted molar refractivity (Wildman–Crippen MR) is 277 cm³/mol. The van der Waals surface area contributed by atoms with Crippen molar-refractivity contribution in [2.75, 3.05) is 13.2 Å². The molecule has 0 radical (unpaired) electrons. The van der Waals surface area contributed by atoms with Gasteiger partial charge in [0.15, 0.2) is 0 Å². The van der Waals surface area contributed by atoms with E-state index in [1.165, 1.54) is 116 Å². The Hall–Kier alpha value is -4.96. The van der Waals surface area contributed by atoms with E-state index in [0.29, 0.717) is 13.2 Å². The van der Waals surface area contributed by atoms with E-state index in [-0.39, 0.29) is 0 Å². The number of rotatable bonds is 25. The molecule has 350 valence electrons. The molecule has 0 heterocycles. The van der Waals surface area contributed by atoms with Crippen LogP contribution in [-0.2, 0) is 13.2 Å². The second-order valence-corrected chi connectivity index (χ2v) is 19.9. The molecular formula is C62H78O4. The molecule has 0 unspecified atom stereocenters. The fraction of sp³-hybridized carbons (Fsp3) is 0.484. The van der Waals surface area contributed by atoms with Gasteiger partial charge in [-0.1, -0.05) is 202 Å². The van der Waals surface area contributed by atoms with Crippen molar-refractivity contribution in [1.82, 2.24) is 0 Å². The highest BCUT2D eigenvalue weighted by molar-refractivity contribution is 6.09. The Morgan fingerprint density at radius 3 is 1.11 bits per heavy atom. The summed E-state index contributed by atoms with van der Waals surface area (Å²) in [5.41, 5.74) is 4.31. The molecule has 8 rings (SSSR count). The van der Waals surface area contributed by atoms with E-state index < -0.39 is 0 Å². The van der Waals surface area contributed by atoms with Crippen LogP contribution in [0.1, 0.15) is 153 Å². The average molecular weight is 887 g/mol. The van der Waals surface area contributed by atoms with E-state index >= 15 is 0 Å². The van der Waals surface area contributed by atoms with Gasteiger partial charge in [-0.15, -0.1) is 0 Å². The standard InChI is InChI=1S/C62H78O4/c1-3-5-7-15-47-23-27-49(28-24-47)17-13-43-63-55-37-31-51(32-38-55)45-65-59-41-35-53-19-9-11-21-57(53)61(59)62-58-22-12-10-20-54(58)36-42-60(62)66-46-52-33-39-56(40-34-52)64-44-14-18-50-29-25-48(26-30-50)16-8-6-4-2/h9-12,19-22,31-42,47-50H,3-8,13-18,23-30,43-46H2,1-2H3. The molecule has 0 atom stereocenters. The van der Waals surface area contributed by atoms with Crippen LogP contribution in [0, 0.1) is 23.7 Å². The Labute approximate surface area is 397 Å². The van der Waals surface area contributed by atoms with Gasteiger partial charge < -0.3 is 18.9 Å². The summed E-state index contributed by atoms with van der Waals surface area (Å²) in [7, 11) is 0. The summed E-state index contributed by atoms with van der Waals surface area (Å²) in [6.07, 6.45) is 27.4. The lowest BCUT2D eigenvalue weighted by atomic mass is 9.78. The van der Waals surface area contributed by atoms with Gasteiger partial charge in [-0.3, -0.25) is 0 Å². The lowest BCUT2D eigenvalue weighted by molar-refractivity contribution is 0.228. The van der Waals surface area contributed by atoms with Crippen molar-refractivity contribution in [3.05, 3.63) is 132 Å². The first-order valence-electron chi connectivity index (χ1n) is 26.4. The molecule has 4 heteroatoms. The molecule has 0 saturated heterocycles. The first kappa shape index (κ1) is 47.5. The van der Waals surface area contributed by atoms with Gasteiger partial charge in [0.25, 0.3) is 0 Å². The molecule has 4 nitrogen and oxygen atoms in total. The fourth-order valence-electron chi connectivity index (χ4n) is 11.1. The normalized spacial score (nSPS) is 18.6. The zero-order valence-corrected chi connectivity index (χ0v) is 40.5. The topological polar surface area (TPSA) is 36.9 Å². The van der Waals surface area contributed by atoms with Gasteiger partial charge in [0.05, 0.1) is 13.2 Å². The second kappa shape index (κ2) is 25.3. The smallest absolute Gasteiger partial charge is 0.128 e. The maximum atomic E-state index is 6.79. The van der Waals surface area contributed by atoms with Crippen molar-refractivity contribution in [3.8, 4) is 34.1 Å². The van der Waals surface area contributed by atoms with Gasteiger partial charge in [-0.25, -0.2) is 0 Å². The number of fused-ring (bicyclic) bond motifs is 2. The predicted octanol–water partition coefficient (Wildman–Crippen LogP) is 17.9. The minimum Gasteiger partial charge on any atom is -0.494 e. The quantitative estimate of drug-likeness (QED) is 0.0537. The monoisotopic (exact) mass is 887 g/mol. The second-order valence-electron chi connectivity index (χ2n) is 19.9. The number of unbranched alkanes of at least 4 members (excludes halogenated alkanes) is 4. The van der Waals surface area contributed by atoms with Gasteiger partial charge in [0.2, 0.25) is 0 Å². The van der Waals surface area contributed by atoms with Crippen molar-refractivity contribution in [3.63, 3.8) is 0 Å². The first-order valence-corrected chi connectivity index (χ1v) is 26.4. The molecule has 0 spiro atoms. The van der Waals surface area contributed by atoms with Crippen molar-refractivity contribution in [1.29, 1.82) is 0 Å². The summed E-state index contributed by atoms with van der Waals surface area (Å²) >= 11 is 0. The number of hydrogen-bond acceptors (Lipinski definition) is 4. The van der Waals surface area contributed by atoms with Crippen molar-refractivity contribution >= 4 is 21.5 Å². The van der Waals surface area contributed by atoms with Gasteiger partial charge in [-0.05, 0) is 118 Å². The molecule has 2 saturated carbocycles. The van der Waals surface area contributed by atoms with E-state index in [0.717, 1.165) is 117 Å². The first-order chi connectivity index (χ1) is 32.6. The summed E-state index contributed by atoms with van der Waals surface area (Å²) in [6.45, 7) is 7.07. The Morgan fingerprint density at radius 2 is 0.727 bits per heavy atom. The average Bonchev–Trinajstić information content (AvgIpc) is 3.37. The zero-order chi connectivity index (χ0) is 45.2. The van der Waals surface area contributed by atoms with Crippen molar-refractivity contribution in [2.45, 2.75) is 155 Å². The van der Waals surface area contributed by atoms with Crippen molar-refractivity contribution < 1.29 is 18.9 Å². The Bertz CT molecular complexity index is 2160. The highest BCUT2D eigenvalue weighted by Gasteiger charge is 2.23. The van der Waals surface area contributed by atoms with Crippen LogP contribution in [0.2, 0.25) is 0 Å². The van der Waals surface area contributed by atoms with Gasteiger partial charge in [0.1, 0.15) is 36.2 Å². The summed E-state index contributed by atoms with van der Waals surface area (Å²) in [6, 6.07) is 42.7.